The maximum absolute atomic E-state index is 14.3. The van der Waals surface area contributed by atoms with E-state index >= 15 is 0 Å². The van der Waals surface area contributed by atoms with Crippen LogP contribution in [0.25, 0.3) is 0 Å². The third-order valence-electron chi connectivity index (χ3n) is 6.71. The number of hydrogen-bond donors (Lipinski definition) is 2. The molecule has 0 aliphatic rings. The number of unbranched alkanes of at least 4 members (excludes halogenated alkanes) is 4. The van der Waals surface area contributed by atoms with Crippen LogP contribution in [0.4, 0.5) is 10.5 Å². The van der Waals surface area contributed by atoms with Gasteiger partial charge in [0.2, 0.25) is 5.91 Å². The predicted molar refractivity (Wildman–Crippen MR) is 162 cm³/mol. The van der Waals surface area contributed by atoms with Gasteiger partial charge in [-0.05, 0) is 64.2 Å². The molecule has 0 aliphatic heterocycles. The first-order valence-corrected chi connectivity index (χ1v) is 14.6. The summed E-state index contributed by atoms with van der Waals surface area (Å²) >= 11 is 0. The molecule has 2 N–H and O–H groups in total. The van der Waals surface area contributed by atoms with Crippen molar-refractivity contribution < 1.29 is 19.1 Å². The highest BCUT2D eigenvalue weighted by Gasteiger charge is 2.37. The Hall–Kier alpha value is -3.35. The smallest absolute Gasteiger partial charge is 0.408 e. The van der Waals surface area contributed by atoms with E-state index in [1.54, 1.807) is 25.7 Å². The summed E-state index contributed by atoms with van der Waals surface area (Å²) in [5, 5.41) is 5.86. The summed E-state index contributed by atoms with van der Waals surface area (Å²) in [6.45, 7) is 15.6. The lowest BCUT2D eigenvalue weighted by Crippen LogP contribution is -2.54. The highest BCUT2D eigenvalue weighted by Crippen LogP contribution is 2.27. The lowest BCUT2D eigenvalue weighted by molar-refractivity contribution is -0.141. The first kappa shape index (κ1) is 32.9. The Morgan fingerprint density at radius 3 is 2.20 bits per heavy atom. The van der Waals surface area contributed by atoms with E-state index < -0.39 is 23.8 Å². The largest absolute Gasteiger partial charge is 0.444 e. The molecule has 0 aliphatic carbocycles. The molecule has 3 amide bonds. The summed E-state index contributed by atoms with van der Waals surface area (Å²) in [6, 6.07) is 13.6. The normalized spacial score (nSPS) is 12.9. The molecule has 0 heterocycles. The molecule has 0 radical (unpaired) electrons. The standard InChI is InChI=1S/C33H49N3O4/c1-9-10-11-12-15-21-36(31(38)28(23(2)3)35-32(39)40-33(6,7)8)29(26-19-16-17-24(4)22-26)30(37)34-27-20-14-13-18-25(27)5/h13-14,16-20,22-23,28-29H,9-12,15,21H2,1-8H3,(H,34,37)(H,35,39). The molecule has 40 heavy (non-hydrogen) atoms. The fourth-order valence-electron chi connectivity index (χ4n) is 4.61. The summed E-state index contributed by atoms with van der Waals surface area (Å²) in [4.78, 5) is 42.7. The van der Waals surface area contributed by atoms with E-state index in [4.69, 9.17) is 4.74 Å². The lowest BCUT2D eigenvalue weighted by atomic mass is 9.97. The number of benzene rings is 2. The van der Waals surface area contributed by atoms with E-state index in [-0.39, 0.29) is 17.7 Å². The van der Waals surface area contributed by atoms with Crippen molar-refractivity contribution in [2.24, 2.45) is 5.92 Å². The van der Waals surface area contributed by atoms with Crippen LogP contribution in [0.15, 0.2) is 48.5 Å². The molecular formula is C33H49N3O4. The summed E-state index contributed by atoms with van der Waals surface area (Å²) in [7, 11) is 0. The molecule has 220 valence electrons. The maximum atomic E-state index is 14.3. The molecule has 0 saturated carbocycles. The van der Waals surface area contributed by atoms with Crippen molar-refractivity contribution in [3.63, 3.8) is 0 Å². The number of anilines is 1. The molecule has 7 nitrogen and oxygen atoms in total. The van der Waals surface area contributed by atoms with Gasteiger partial charge < -0.3 is 20.3 Å². The van der Waals surface area contributed by atoms with E-state index in [2.05, 4.69) is 17.6 Å². The second-order valence-electron chi connectivity index (χ2n) is 11.9. The lowest BCUT2D eigenvalue weighted by Gasteiger charge is -2.36. The van der Waals surface area contributed by atoms with Crippen molar-refractivity contribution in [3.05, 3.63) is 65.2 Å². The summed E-state index contributed by atoms with van der Waals surface area (Å²) in [6.07, 6.45) is 4.35. The molecule has 0 bridgehead atoms. The summed E-state index contributed by atoms with van der Waals surface area (Å²) in [5.41, 5.74) is 2.66. The van der Waals surface area contributed by atoms with Crippen molar-refractivity contribution in [1.29, 1.82) is 0 Å². The van der Waals surface area contributed by atoms with Crippen LogP contribution < -0.4 is 10.6 Å². The number of carbonyl (C=O) groups is 3. The molecule has 0 saturated heterocycles. The van der Waals surface area contributed by atoms with Gasteiger partial charge in [-0.2, -0.15) is 0 Å². The van der Waals surface area contributed by atoms with E-state index in [1.807, 2.05) is 76.2 Å². The average molecular weight is 552 g/mol. The SMILES string of the molecule is CCCCCCCN(C(=O)C(NC(=O)OC(C)(C)C)C(C)C)C(C(=O)Nc1ccccc1C)c1cccc(C)c1. The maximum Gasteiger partial charge on any atom is 0.408 e. The Balaban J connectivity index is 2.52. The number of hydrogen-bond acceptors (Lipinski definition) is 4. The number of rotatable bonds is 13. The molecule has 2 unspecified atom stereocenters. The quantitative estimate of drug-likeness (QED) is 0.255. The topological polar surface area (TPSA) is 87.7 Å². The molecule has 0 fully saturated rings. The molecule has 0 spiro atoms. The van der Waals surface area contributed by atoms with Gasteiger partial charge in [0.05, 0.1) is 0 Å². The van der Waals surface area contributed by atoms with Gasteiger partial charge in [-0.25, -0.2) is 4.79 Å². The van der Waals surface area contributed by atoms with E-state index in [9.17, 15) is 14.4 Å². The van der Waals surface area contributed by atoms with Crippen LogP contribution >= 0.6 is 0 Å². The molecule has 2 rings (SSSR count). The minimum absolute atomic E-state index is 0.222. The van der Waals surface area contributed by atoms with E-state index in [0.717, 1.165) is 48.8 Å². The Labute approximate surface area is 241 Å². The third kappa shape index (κ3) is 10.3. The first-order valence-electron chi connectivity index (χ1n) is 14.6. The van der Waals surface area contributed by atoms with Gasteiger partial charge in [0, 0.05) is 12.2 Å². The van der Waals surface area contributed by atoms with Crippen LogP contribution in [-0.4, -0.2) is 41.0 Å². The van der Waals surface area contributed by atoms with E-state index in [1.165, 1.54) is 0 Å². The minimum atomic E-state index is -0.875. The number of para-hydroxylation sites is 1. The van der Waals surface area contributed by atoms with Gasteiger partial charge in [0.15, 0.2) is 0 Å². The molecule has 2 atom stereocenters. The number of nitrogens with zero attached hydrogens (tertiary/aromatic N) is 1. The van der Waals surface area contributed by atoms with Gasteiger partial charge in [-0.15, -0.1) is 0 Å². The van der Waals surface area contributed by atoms with Gasteiger partial charge in [0.1, 0.15) is 17.7 Å². The van der Waals surface area contributed by atoms with Crippen molar-refractivity contribution in [2.45, 2.75) is 105 Å². The van der Waals surface area contributed by atoms with Gasteiger partial charge in [0.25, 0.3) is 5.91 Å². The van der Waals surface area contributed by atoms with Crippen LogP contribution in [0, 0.1) is 19.8 Å². The Morgan fingerprint density at radius 2 is 1.60 bits per heavy atom. The van der Waals surface area contributed by atoms with Crippen LogP contribution in [0.1, 0.15) is 96.4 Å². The molecule has 2 aromatic carbocycles. The van der Waals surface area contributed by atoms with Crippen molar-refractivity contribution in [1.82, 2.24) is 10.2 Å². The third-order valence-corrected chi connectivity index (χ3v) is 6.71. The number of carbonyl (C=O) groups excluding carboxylic acids is 3. The molecule has 2 aromatic rings. The Kier molecular flexibility index (Phi) is 12.7. The van der Waals surface area contributed by atoms with Crippen molar-refractivity contribution in [3.8, 4) is 0 Å². The number of aryl methyl sites for hydroxylation is 2. The average Bonchev–Trinajstić information content (AvgIpc) is 2.86. The second-order valence-corrected chi connectivity index (χ2v) is 11.9. The van der Waals surface area contributed by atoms with Gasteiger partial charge in [-0.3, -0.25) is 9.59 Å². The first-order chi connectivity index (χ1) is 18.8. The highest BCUT2D eigenvalue weighted by atomic mass is 16.6. The number of ether oxygens (including phenoxy) is 1. The number of amides is 3. The van der Waals surface area contributed by atoms with Crippen molar-refractivity contribution in [2.75, 3.05) is 11.9 Å². The molecule has 0 aromatic heterocycles. The zero-order chi connectivity index (χ0) is 29.9. The highest BCUT2D eigenvalue weighted by molar-refractivity contribution is 5.99. The Bertz CT molecular complexity index is 1120. The van der Waals surface area contributed by atoms with Crippen LogP contribution in [0.3, 0.4) is 0 Å². The zero-order valence-corrected chi connectivity index (χ0v) is 25.7. The fourth-order valence-corrected chi connectivity index (χ4v) is 4.61. The zero-order valence-electron chi connectivity index (χ0n) is 25.7. The monoisotopic (exact) mass is 551 g/mol. The second kappa shape index (κ2) is 15.4. The predicted octanol–water partition coefficient (Wildman–Crippen LogP) is 7.33. The fraction of sp³-hybridized carbons (Fsp3) is 0.545. The summed E-state index contributed by atoms with van der Waals surface area (Å²) in [5.74, 6) is -0.815. The number of nitrogens with one attached hydrogen (secondary N) is 2. The molecular weight excluding hydrogens is 502 g/mol. The van der Waals surface area contributed by atoms with Crippen LogP contribution in [0.2, 0.25) is 0 Å². The minimum Gasteiger partial charge on any atom is -0.444 e. The Morgan fingerprint density at radius 1 is 0.925 bits per heavy atom. The van der Waals surface area contributed by atoms with Gasteiger partial charge in [-0.1, -0.05) is 94.5 Å². The van der Waals surface area contributed by atoms with Crippen LogP contribution in [0.5, 0.6) is 0 Å². The van der Waals surface area contributed by atoms with Crippen LogP contribution in [-0.2, 0) is 14.3 Å². The summed E-state index contributed by atoms with van der Waals surface area (Å²) < 4.78 is 5.47. The van der Waals surface area contributed by atoms with Gasteiger partial charge >= 0.3 is 6.09 Å². The van der Waals surface area contributed by atoms with Crippen molar-refractivity contribution >= 4 is 23.6 Å². The van der Waals surface area contributed by atoms with E-state index in [0.29, 0.717) is 12.2 Å². The number of alkyl carbamates (subject to hydrolysis) is 1. The molecule has 7 heteroatoms.